The summed E-state index contributed by atoms with van der Waals surface area (Å²) in [6, 6.07) is 3.57. The van der Waals surface area contributed by atoms with E-state index in [-0.39, 0.29) is 6.03 Å². The summed E-state index contributed by atoms with van der Waals surface area (Å²) in [5, 5.41) is 5.46. The second-order valence-electron chi connectivity index (χ2n) is 5.13. The topological polar surface area (TPSA) is 72.5 Å². The summed E-state index contributed by atoms with van der Waals surface area (Å²) in [5.41, 5.74) is 0.940. The van der Waals surface area contributed by atoms with Crippen LogP contribution in [0.25, 0.3) is 0 Å². The third-order valence-corrected chi connectivity index (χ3v) is 3.43. The van der Waals surface area contributed by atoms with Gasteiger partial charge in [0.25, 0.3) is 0 Å². The molecule has 2 rings (SSSR count). The summed E-state index contributed by atoms with van der Waals surface area (Å²) in [4.78, 5) is 15.7. The van der Waals surface area contributed by atoms with Crippen molar-refractivity contribution >= 4 is 6.03 Å². The zero-order chi connectivity index (χ0) is 14.9. The lowest BCUT2D eigenvalue weighted by Crippen LogP contribution is -2.36. The lowest BCUT2D eigenvalue weighted by Gasteiger charge is -2.12. The zero-order valence-corrected chi connectivity index (χ0v) is 12.4. The van der Waals surface area contributed by atoms with E-state index in [4.69, 9.17) is 9.47 Å². The van der Waals surface area contributed by atoms with Crippen LogP contribution in [-0.4, -0.2) is 37.4 Å². The lowest BCUT2D eigenvalue weighted by atomic mass is 10.3. The average molecular weight is 293 g/mol. The summed E-state index contributed by atoms with van der Waals surface area (Å²) < 4.78 is 10.7. The smallest absolute Gasteiger partial charge is 0.315 e. The number of urea groups is 1. The van der Waals surface area contributed by atoms with Gasteiger partial charge in [0.15, 0.2) is 0 Å². The van der Waals surface area contributed by atoms with E-state index in [1.807, 2.05) is 12.1 Å². The number of carbonyl (C=O) groups excluding carboxylic acids is 1. The van der Waals surface area contributed by atoms with Crippen LogP contribution in [-0.2, 0) is 11.3 Å². The van der Waals surface area contributed by atoms with E-state index in [1.54, 1.807) is 13.3 Å². The number of aromatic nitrogens is 1. The molecular weight excluding hydrogens is 270 g/mol. The Balaban J connectivity index is 1.70. The standard InChI is InChI=1S/C15H23N3O3/c1-20-9-8-16-15(19)18-11-12-6-7-14(17-10-12)21-13-4-2-3-5-13/h6-7,10,13H,2-5,8-9,11H2,1H3,(H2,16,18,19). The van der Waals surface area contributed by atoms with Crippen LogP contribution in [0.4, 0.5) is 4.79 Å². The Morgan fingerprint density at radius 2 is 2.14 bits per heavy atom. The average Bonchev–Trinajstić information content (AvgIpc) is 3.00. The van der Waals surface area contributed by atoms with Crippen molar-refractivity contribution in [3.63, 3.8) is 0 Å². The SMILES string of the molecule is COCCNC(=O)NCc1ccc(OC2CCCC2)nc1. The number of pyridine rings is 1. The fraction of sp³-hybridized carbons (Fsp3) is 0.600. The molecule has 0 radical (unpaired) electrons. The van der Waals surface area contributed by atoms with Crippen molar-refractivity contribution in [2.75, 3.05) is 20.3 Å². The molecule has 0 saturated heterocycles. The maximum atomic E-state index is 11.5. The van der Waals surface area contributed by atoms with Gasteiger partial charge in [0.05, 0.1) is 6.61 Å². The number of methoxy groups -OCH3 is 1. The van der Waals surface area contributed by atoms with Crippen LogP contribution < -0.4 is 15.4 Å². The van der Waals surface area contributed by atoms with Crippen molar-refractivity contribution in [1.82, 2.24) is 15.6 Å². The molecule has 0 aliphatic heterocycles. The number of nitrogens with zero attached hydrogens (tertiary/aromatic N) is 1. The molecule has 1 aliphatic carbocycles. The first-order chi connectivity index (χ1) is 10.3. The first-order valence-electron chi connectivity index (χ1n) is 7.40. The van der Waals surface area contributed by atoms with Gasteiger partial charge in [-0.25, -0.2) is 9.78 Å². The number of nitrogens with one attached hydrogen (secondary N) is 2. The number of hydrogen-bond acceptors (Lipinski definition) is 4. The molecule has 0 unspecified atom stereocenters. The van der Waals surface area contributed by atoms with Crippen LogP contribution in [0.5, 0.6) is 5.88 Å². The third kappa shape index (κ3) is 5.59. The third-order valence-electron chi connectivity index (χ3n) is 3.43. The van der Waals surface area contributed by atoms with E-state index in [0.717, 1.165) is 18.4 Å². The highest BCUT2D eigenvalue weighted by atomic mass is 16.5. The van der Waals surface area contributed by atoms with E-state index >= 15 is 0 Å². The minimum Gasteiger partial charge on any atom is -0.474 e. The minimum absolute atomic E-state index is 0.210. The van der Waals surface area contributed by atoms with Gasteiger partial charge in [0.2, 0.25) is 5.88 Å². The van der Waals surface area contributed by atoms with Gasteiger partial charge in [-0.2, -0.15) is 0 Å². The van der Waals surface area contributed by atoms with Gasteiger partial charge in [-0.05, 0) is 31.2 Å². The molecule has 0 aromatic carbocycles. The highest BCUT2D eigenvalue weighted by molar-refractivity contribution is 5.73. The molecule has 6 heteroatoms. The molecule has 1 aromatic heterocycles. The van der Waals surface area contributed by atoms with Crippen LogP contribution in [0.3, 0.4) is 0 Å². The predicted octanol–water partition coefficient (Wildman–Crippen LogP) is 1.85. The van der Waals surface area contributed by atoms with E-state index in [0.29, 0.717) is 31.7 Å². The van der Waals surface area contributed by atoms with Crippen molar-refractivity contribution < 1.29 is 14.3 Å². The van der Waals surface area contributed by atoms with Gasteiger partial charge in [0, 0.05) is 32.5 Å². The molecule has 0 atom stereocenters. The van der Waals surface area contributed by atoms with Crippen molar-refractivity contribution in [1.29, 1.82) is 0 Å². The Kier molecular flexibility index (Phi) is 6.27. The lowest BCUT2D eigenvalue weighted by molar-refractivity contribution is 0.196. The number of hydrogen-bond donors (Lipinski definition) is 2. The van der Waals surface area contributed by atoms with E-state index < -0.39 is 0 Å². The molecule has 6 nitrogen and oxygen atoms in total. The zero-order valence-electron chi connectivity index (χ0n) is 12.4. The van der Waals surface area contributed by atoms with Gasteiger partial charge in [-0.3, -0.25) is 0 Å². The van der Waals surface area contributed by atoms with Gasteiger partial charge in [-0.1, -0.05) is 6.07 Å². The van der Waals surface area contributed by atoms with Crippen molar-refractivity contribution in [2.24, 2.45) is 0 Å². The maximum absolute atomic E-state index is 11.5. The second-order valence-corrected chi connectivity index (χ2v) is 5.13. The summed E-state index contributed by atoms with van der Waals surface area (Å²) in [6.45, 7) is 1.44. The highest BCUT2D eigenvalue weighted by Crippen LogP contribution is 2.22. The van der Waals surface area contributed by atoms with Crippen LogP contribution >= 0.6 is 0 Å². The number of carbonyl (C=O) groups is 1. The molecule has 1 saturated carbocycles. The first-order valence-corrected chi connectivity index (χ1v) is 7.40. The fourth-order valence-electron chi connectivity index (χ4n) is 2.27. The Labute approximate surface area is 125 Å². The van der Waals surface area contributed by atoms with Gasteiger partial charge in [-0.15, -0.1) is 0 Å². The molecule has 1 heterocycles. The Bertz CT molecular complexity index is 430. The molecule has 1 fully saturated rings. The maximum Gasteiger partial charge on any atom is 0.315 e. The van der Waals surface area contributed by atoms with E-state index in [2.05, 4.69) is 15.6 Å². The largest absolute Gasteiger partial charge is 0.474 e. The quantitative estimate of drug-likeness (QED) is 0.753. The fourth-order valence-corrected chi connectivity index (χ4v) is 2.27. The van der Waals surface area contributed by atoms with Crippen LogP contribution in [0.2, 0.25) is 0 Å². The number of amides is 2. The van der Waals surface area contributed by atoms with Crippen molar-refractivity contribution in [3.05, 3.63) is 23.9 Å². The van der Waals surface area contributed by atoms with E-state index in [9.17, 15) is 4.79 Å². The predicted molar refractivity (Wildman–Crippen MR) is 79.2 cm³/mol. The van der Waals surface area contributed by atoms with Crippen molar-refractivity contribution in [3.8, 4) is 5.88 Å². The molecule has 2 amide bonds. The molecule has 116 valence electrons. The second kappa shape index (κ2) is 8.46. The highest BCUT2D eigenvalue weighted by Gasteiger charge is 2.16. The minimum atomic E-state index is -0.210. The Morgan fingerprint density at radius 1 is 1.33 bits per heavy atom. The molecule has 1 aliphatic rings. The summed E-state index contributed by atoms with van der Waals surface area (Å²) in [6.07, 6.45) is 6.77. The summed E-state index contributed by atoms with van der Waals surface area (Å²) in [5.74, 6) is 0.662. The Hall–Kier alpha value is -1.82. The van der Waals surface area contributed by atoms with Gasteiger partial charge < -0.3 is 20.1 Å². The number of ether oxygens (including phenoxy) is 2. The van der Waals surface area contributed by atoms with E-state index in [1.165, 1.54) is 12.8 Å². The first kappa shape index (κ1) is 15.6. The van der Waals surface area contributed by atoms with Crippen LogP contribution in [0.1, 0.15) is 31.2 Å². The van der Waals surface area contributed by atoms with Crippen molar-refractivity contribution in [2.45, 2.75) is 38.3 Å². The summed E-state index contributed by atoms with van der Waals surface area (Å²) >= 11 is 0. The van der Waals surface area contributed by atoms with Gasteiger partial charge >= 0.3 is 6.03 Å². The molecule has 2 N–H and O–H groups in total. The monoisotopic (exact) mass is 293 g/mol. The molecular formula is C15H23N3O3. The summed E-state index contributed by atoms with van der Waals surface area (Å²) in [7, 11) is 1.60. The van der Waals surface area contributed by atoms with Crippen LogP contribution in [0, 0.1) is 0 Å². The molecule has 0 bridgehead atoms. The van der Waals surface area contributed by atoms with Crippen LogP contribution in [0.15, 0.2) is 18.3 Å². The number of rotatable bonds is 7. The Morgan fingerprint density at radius 3 is 2.81 bits per heavy atom. The normalized spacial score (nSPS) is 14.9. The van der Waals surface area contributed by atoms with Gasteiger partial charge in [0.1, 0.15) is 6.10 Å². The molecule has 0 spiro atoms. The molecule has 1 aromatic rings. The molecule has 21 heavy (non-hydrogen) atoms.